The first-order valence-corrected chi connectivity index (χ1v) is 5.08. The molecule has 0 saturated carbocycles. The smallest absolute Gasteiger partial charge is 0.291 e. The Bertz CT molecular complexity index is 410. The zero-order chi connectivity index (χ0) is 12.7. The monoisotopic (exact) mass is 251 g/mol. The molecule has 90 valence electrons. The van der Waals surface area contributed by atoms with Crippen molar-refractivity contribution in [2.24, 2.45) is 5.73 Å². The lowest BCUT2D eigenvalue weighted by Gasteiger charge is -2.31. The highest BCUT2D eigenvalue weighted by atomic mass is 35.5. The van der Waals surface area contributed by atoms with E-state index in [1.54, 1.807) is 0 Å². The fourth-order valence-corrected chi connectivity index (χ4v) is 1.57. The normalized spacial score (nSPS) is 13.0. The van der Waals surface area contributed by atoms with Crippen LogP contribution >= 0.6 is 11.6 Å². The largest absolute Gasteiger partial charge is 0.320 e. The van der Waals surface area contributed by atoms with Crippen molar-refractivity contribution in [2.45, 2.75) is 32.2 Å². The van der Waals surface area contributed by atoms with Crippen LogP contribution in [0.1, 0.15) is 25.0 Å². The van der Waals surface area contributed by atoms with Gasteiger partial charge in [-0.1, -0.05) is 11.6 Å². The lowest BCUT2D eigenvalue weighted by atomic mass is 9.90. The van der Waals surface area contributed by atoms with Gasteiger partial charge in [0, 0.05) is 5.56 Å². The number of hydrogen-bond donors (Lipinski definition) is 1. The number of aryl methyl sites for hydroxylation is 1. The van der Waals surface area contributed by atoms with Crippen molar-refractivity contribution in [3.63, 3.8) is 0 Å². The van der Waals surface area contributed by atoms with Crippen LogP contribution in [0, 0.1) is 12.7 Å². The Labute approximate surface area is 97.4 Å². The molecular formula is C11H13ClF3N. The van der Waals surface area contributed by atoms with Gasteiger partial charge in [-0.15, -0.1) is 0 Å². The molecule has 2 N–H and O–H groups in total. The third-order valence-corrected chi connectivity index (χ3v) is 2.71. The number of rotatable bonds is 2. The summed E-state index contributed by atoms with van der Waals surface area (Å²) < 4.78 is 41.0. The molecule has 16 heavy (non-hydrogen) atoms. The van der Waals surface area contributed by atoms with Crippen molar-refractivity contribution in [1.82, 2.24) is 0 Å². The maximum absolute atomic E-state index is 13.9. The van der Waals surface area contributed by atoms with Gasteiger partial charge in [0.2, 0.25) is 0 Å². The summed E-state index contributed by atoms with van der Waals surface area (Å²) in [6.45, 7) is 3.79. The fraction of sp³-hybridized carbons (Fsp3) is 0.455. The van der Waals surface area contributed by atoms with Crippen LogP contribution in [0.15, 0.2) is 12.1 Å². The molecule has 0 aromatic heterocycles. The van der Waals surface area contributed by atoms with Gasteiger partial charge >= 0.3 is 0 Å². The molecule has 0 aliphatic carbocycles. The van der Waals surface area contributed by atoms with Gasteiger partial charge in [0.05, 0.1) is 10.6 Å². The molecule has 0 fully saturated rings. The van der Waals surface area contributed by atoms with E-state index in [2.05, 4.69) is 0 Å². The first-order chi connectivity index (χ1) is 7.07. The molecule has 0 spiro atoms. The molecule has 1 aromatic carbocycles. The van der Waals surface area contributed by atoms with E-state index in [1.807, 2.05) is 0 Å². The second kappa shape index (κ2) is 3.93. The lowest BCUT2D eigenvalue weighted by molar-refractivity contribution is -0.0673. The molecule has 0 amide bonds. The van der Waals surface area contributed by atoms with Crippen molar-refractivity contribution in [1.29, 1.82) is 0 Å². The topological polar surface area (TPSA) is 26.0 Å². The Morgan fingerprint density at radius 2 is 1.75 bits per heavy atom. The Kier molecular flexibility index (Phi) is 3.27. The van der Waals surface area contributed by atoms with Crippen LogP contribution in [-0.2, 0) is 5.92 Å². The Morgan fingerprint density at radius 1 is 1.25 bits per heavy atom. The summed E-state index contributed by atoms with van der Waals surface area (Å²) in [5.74, 6) is -4.11. The van der Waals surface area contributed by atoms with Crippen molar-refractivity contribution < 1.29 is 13.2 Å². The molecule has 0 saturated heterocycles. The minimum absolute atomic E-state index is 0.178. The zero-order valence-electron chi connectivity index (χ0n) is 9.24. The third kappa shape index (κ3) is 2.18. The van der Waals surface area contributed by atoms with Crippen LogP contribution in [0.25, 0.3) is 0 Å². The number of nitrogens with two attached hydrogens (primary N) is 1. The second-order valence-electron chi connectivity index (χ2n) is 4.38. The number of hydrogen-bond acceptors (Lipinski definition) is 1. The molecule has 0 atom stereocenters. The molecule has 5 heteroatoms. The number of alkyl halides is 2. The molecular weight excluding hydrogens is 239 g/mol. The van der Waals surface area contributed by atoms with Gasteiger partial charge in [-0.05, 0) is 38.5 Å². The van der Waals surface area contributed by atoms with Gasteiger partial charge in [-0.25, -0.2) is 4.39 Å². The Hall–Kier alpha value is -0.740. The summed E-state index contributed by atoms with van der Waals surface area (Å²) in [4.78, 5) is 0. The summed E-state index contributed by atoms with van der Waals surface area (Å²) in [5, 5.41) is -0.178. The van der Waals surface area contributed by atoms with Gasteiger partial charge < -0.3 is 5.73 Å². The predicted octanol–water partition coefficient (Wildman–Crippen LogP) is 3.62. The first-order valence-electron chi connectivity index (χ1n) is 4.70. The quantitative estimate of drug-likeness (QED) is 0.854. The molecule has 1 aromatic rings. The molecule has 0 radical (unpaired) electrons. The van der Waals surface area contributed by atoms with E-state index in [-0.39, 0.29) is 10.6 Å². The minimum Gasteiger partial charge on any atom is -0.320 e. The molecule has 1 rings (SSSR count). The van der Waals surface area contributed by atoms with Crippen molar-refractivity contribution in [3.05, 3.63) is 34.1 Å². The van der Waals surface area contributed by atoms with Crippen LogP contribution in [0.3, 0.4) is 0 Å². The maximum atomic E-state index is 13.9. The summed E-state index contributed by atoms with van der Waals surface area (Å²) in [6, 6.07) is 1.91. The van der Waals surface area contributed by atoms with E-state index in [9.17, 15) is 13.2 Å². The van der Waals surface area contributed by atoms with Gasteiger partial charge in [0.25, 0.3) is 5.92 Å². The van der Waals surface area contributed by atoms with E-state index in [0.29, 0.717) is 0 Å². The third-order valence-electron chi connectivity index (χ3n) is 2.40. The number of benzene rings is 1. The van der Waals surface area contributed by atoms with E-state index < -0.39 is 22.8 Å². The van der Waals surface area contributed by atoms with Crippen molar-refractivity contribution >= 4 is 11.6 Å². The summed E-state index contributed by atoms with van der Waals surface area (Å²) in [7, 11) is 0. The van der Waals surface area contributed by atoms with E-state index in [0.717, 1.165) is 6.07 Å². The van der Waals surface area contributed by atoms with Crippen LogP contribution in [0.5, 0.6) is 0 Å². The highest BCUT2D eigenvalue weighted by Crippen LogP contribution is 2.41. The fourth-order valence-electron chi connectivity index (χ4n) is 1.23. The molecule has 0 unspecified atom stereocenters. The highest BCUT2D eigenvalue weighted by molar-refractivity contribution is 6.31. The summed E-state index contributed by atoms with van der Waals surface area (Å²) in [6.07, 6.45) is 0. The zero-order valence-corrected chi connectivity index (χ0v) is 10.00. The standard InChI is InChI=1S/C11H13ClF3N/c1-6-4-8(12)7(5-9(6)13)11(14,15)10(2,3)16/h4-5H,16H2,1-3H3. The van der Waals surface area contributed by atoms with E-state index >= 15 is 0 Å². The second-order valence-corrected chi connectivity index (χ2v) is 4.78. The maximum Gasteiger partial charge on any atom is 0.291 e. The average molecular weight is 252 g/mol. The van der Waals surface area contributed by atoms with Crippen LogP contribution in [0.2, 0.25) is 5.02 Å². The van der Waals surface area contributed by atoms with Crippen LogP contribution in [-0.4, -0.2) is 5.54 Å². The van der Waals surface area contributed by atoms with Gasteiger partial charge in [0.1, 0.15) is 5.82 Å². The van der Waals surface area contributed by atoms with Crippen LogP contribution < -0.4 is 5.73 Å². The summed E-state index contributed by atoms with van der Waals surface area (Å²) >= 11 is 5.69. The molecule has 0 aliphatic rings. The van der Waals surface area contributed by atoms with Crippen molar-refractivity contribution in [3.8, 4) is 0 Å². The SMILES string of the molecule is Cc1cc(Cl)c(C(F)(F)C(C)(C)N)cc1F. The van der Waals surface area contributed by atoms with E-state index in [1.165, 1.54) is 26.8 Å². The lowest BCUT2D eigenvalue weighted by Crippen LogP contribution is -2.48. The number of halogens is 4. The minimum atomic E-state index is -3.39. The first kappa shape index (κ1) is 13.3. The molecule has 0 bridgehead atoms. The predicted molar refractivity (Wildman–Crippen MR) is 58.3 cm³/mol. The summed E-state index contributed by atoms with van der Waals surface area (Å²) in [5.41, 5.74) is 3.21. The van der Waals surface area contributed by atoms with E-state index in [4.69, 9.17) is 17.3 Å². The molecule has 0 aliphatic heterocycles. The van der Waals surface area contributed by atoms with Gasteiger partial charge in [0.15, 0.2) is 0 Å². The highest BCUT2D eigenvalue weighted by Gasteiger charge is 2.47. The Morgan fingerprint density at radius 3 is 2.19 bits per heavy atom. The molecule has 0 heterocycles. The average Bonchev–Trinajstić information content (AvgIpc) is 2.09. The molecule has 1 nitrogen and oxygen atoms in total. The van der Waals surface area contributed by atoms with Crippen LogP contribution in [0.4, 0.5) is 13.2 Å². The van der Waals surface area contributed by atoms with Gasteiger partial charge in [-0.3, -0.25) is 0 Å². The van der Waals surface area contributed by atoms with Crippen molar-refractivity contribution in [2.75, 3.05) is 0 Å². The Balaban J connectivity index is 3.39. The van der Waals surface area contributed by atoms with Gasteiger partial charge in [-0.2, -0.15) is 8.78 Å².